The van der Waals surface area contributed by atoms with Crippen LogP contribution in [0.1, 0.15) is 0 Å². The predicted octanol–water partition coefficient (Wildman–Crippen LogP) is 3.43. The van der Waals surface area contributed by atoms with Crippen molar-refractivity contribution < 1.29 is 4.42 Å². The summed E-state index contributed by atoms with van der Waals surface area (Å²) >= 11 is 0. The highest BCUT2D eigenvalue weighted by molar-refractivity contribution is 6.19. The number of fused-ring (bicyclic) bond motifs is 5. The van der Waals surface area contributed by atoms with Crippen molar-refractivity contribution in [3.8, 4) is 0 Å². The van der Waals surface area contributed by atoms with Gasteiger partial charge in [0.1, 0.15) is 5.58 Å². The SMILES string of the molecule is O=c1ccc2c(ccc3[nH]c4ccccc4c32)o1. The molecule has 3 heteroatoms. The molecule has 0 unspecified atom stereocenters. The van der Waals surface area contributed by atoms with Crippen LogP contribution >= 0.6 is 0 Å². The van der Waals surface area contributed by atoms with Crippen LogP contribution in [0.25, 0.3) is 32.8 Å². The first-order chi connectivity index (χ1) is 8.83. The van der Waals surface area contributed by atoms with E-state index in [4.69, 9.17) is 4.42 Å². The molecule has 2 aromatic carbocycles. The quantitative estimate of drug-likeness (QED) is 0.474. The summed E-state index contributed by atoms with van der Waals surface area (Å²) in [4.78, 5) is 14.6. The van der Waals surface area contributed by atoms with Gasteiger partial charge in [-0.1, -0.05) is 18.2 Å². The molecular weight excluding hydrogens is 226 g/mol. The van der Waals surface area contributed by atoms with E-state index in [0.29, 0.717) is 5.58 Å². The molecular formula is C15H9NO2. The van der Waals surface area contributed by atoms with Gasteiger partial charge in [0, 0.05) is 33.3 Å². The topological polar surface area (TPSA) is 46.0 Å². The van der Waals surface area contributed by atoms with Crippen molar-refractivity contribution in [3.05, 3.63) is 59.0 Å². The molecule has 0 saturated heterocycles. The highest BCUT2D eigenvalue weighted by Gasteiger charge is 2.08. The van der Waals surface area contributed by atoms with Gasteiger partial charge in [-0.05, 0) is 24.3 Å². The van der Waals surface area contributed by atoms with Gasteiger partial charge in [-0.3, -0.25) is 0 Å². The van der Waals surface area contributed by atoms with Gasteiger partial charge in [0.2, 0.25) is 0 Å². The van der Waals surface area contributed by atoms with Crippen LogP contribution in [0.3, 0.4) is 0 Å². The van der Waals surface area contributed by atoms with Gasteiger partial charge in [-0.25, -0.2) is 4.79 Å². The second-order valence-corrected chi connectivity index (χ2v) is 4.32. The summed E-state index contributed by atoms with van der Waals surface area (Å²) in [5.41, 5.74) is 2.45. The van der Waals surface area contributed by atoms with Crippen LogP contribution in [-0.2, 0) is 0 Å². The average Bonchev–Trinajstić information content (AvgIpc) is 2.77. The molecule has 2 heterocycles. The molecule has 0 aliphatic rings. The summed E-state index contributed by atoms with van der Waals surface area (Å²) in [6, 6.07) is 15.2. The standard InChI is InChI=1S/C15H9NO2/c17-14-8-5-10-13(18-14)7-6-12-15(10)9-3-1-2-4-11(9)16-12/h1-8,16H. The van der Waals surface area contributed by atoms with E-state index < -0.39 is 0 Å². The number of benzene rings is 2. The maximum atomic E-state index is 11.2. The molecule has 0 amide bonds. The Morgan fingerprint density at radius 1 is 0.833 bits per heavy atom. The van der Waals surface area contributed by atoms with Crippen LogP contribution in [0.2, 0.25) is 0 Å². The minimum atomic E-state index is -0.318. The van der Waals surface area contributed by atoms with E-state index in [0.717, 1.165) is 27.2 Å². The van der Waals surface area contributed by atoms with E-state index in [1.807, 2.05) is 36.4 Å². The Labute approximate surface area is 102 Å². The molecule has 0 aliphatic carbocycles. The smallest absolute Gasteiger partial charge is 0.336 e. The highest BCUT2D eigenvalue weighted by Crippen LogP contribution is 2.31. The zero-order valence-electron chi connectivity index (χ0n) is 9.44. The summed E-state index contributed by atoms with van der Waals surface area (Å²) in [6.07, 6.45) is 0. The minimum Gasteiger partial charge on any atom is -0.423 e. The molecule has 0 bridgehead atoms. The number of aromatic amines is 1. The highest BCUT2D eigenvalue weighted by atomic mass is 16.4. The summed E-state index contributed by atoms with van der Waals surface area (Å²) in [7, 11) is 0. The van der Waals surface area contributed by atoms with Gasteiger partial charge in [0.15, 0.2) is 0 Å². The van der Waals surface area contributed by atoms with E-state index in [2.05, 4.69) is 11.1 Å². The van der Waals surface area contributed by atoms with Crippen LogP contribution in [0.5, 0.6) is 0 Å². The molecule has 0 aliphatic heterocycles. The van der Waals surface area contributed by atoms with Crippen molar-refractivity contribution >= 4 is 32.8 Å². The third-order valence-electron chi connectivity index (χ3n) is 3.27. The largest absolute Gasteiger partial charge is 0.423 e. The molecule has 4 aromatic rings. The fourth-order valence-electron chi connectivity index (χ4n) is 2.50. The van der Waals surface area contributed by atoms with Crippen LogP contribution < -0.4 is 5.63 Å². The summed E-state index contributed by atoms with van der Waals surface area (Å²) < 4.78 is 5.22. The van der Waals surface area contributed by atoms with Crippen LogP contribution in [0, 0.1) is 0 Å². The fourth-order valence-corrected chi connectivity index (χ4v) is 2.50. The first kappa shape index (κ1) is 9.48. The van der Waals surface area contributed by atoms with Crippen molar-refractivity contribution in [2.75, 3.05) is 0 Å². The Hall–Kier alpha value is -2.55. The Balaban J connectivity index is 2.36. The second-order valence-electron chi connectivity index (χ2n) is 4.32. The molecule has 0 atom stereocenters. The van der Waals surface area contributed by atoms with Crippen molar-refractivity contribution in [2.45, 2.75) is 0 Å². The number of aromatic nitrogens is 1. The van der Waals surface area contributed by atoms with Gasteiger partial charge in [-0.2, -0.15) is 0 Å². The third-order valence-corrected chi connectivity index (χ3v) is 3.27. The lowest BCUT2D eigenvalue weighted by molar-refractivity contribution is 0.561. The maximum Gasteiger partial charge on any atom is 0.336 e. The van der Waals surface area contributed by atoms with Gasteiger partial charge in [-0.15, -0.1) is 0 Å². The molecule has 1 N–H and O–H groups in total. The number of H-pyrrole nitrogens is 1. The van der Waals surface area contributed by atoms with Crippen molar-refractivity contribution in [1.29, 1.82) is 0 Å². The number of hydrogen-bond donors (Lipinski definition) is 1. The van der Waals surface area contributed by atoms with Crippen molar-refractivity contribution in [1.82, 2.24) is 4.98 Å². The average molecular weight is 235 g/mol. The van der Waals surface area contributed by atoms with Crippen LogP contribution in [0.15, 0.2) is 57.7 Å². The molecule has 4 rings (SSSR count). The van der Waals surface area contributed by atoms with E-state index in [1.54, 1.807) is 0 Å². The molecule has 0 radical (unpaired) electrons. The van der Waals surface area contributed by atoms with E-state index in [-0.39, 0.29) is 5.63 Å². The molecule has 0 fully saturated rings. The number of hydrogen-bond acceptors (Lipinski definition) is 2. The van der Waals surface area contributed by atoms with Gasteiger partial charge in [0.25, 0.3) is 0 Å². The van der Waals surface area contributed by atoms with Crippen molar-refractivity contribution in [2.24, 2.45) is 0 Å². The van der Waals surface area contributed by atoms with Gasteiger partial charge < -0.3 is 9.40 Å². The predicted molar refractivity (Wildman–Crippen MR) is 71.8 cm³/mol. The van der Waals surface area contributed by atoms with E-state index >= 15 is 0 Å². The number of nitrogens with one attached hydrogen (secondary N) is 1. The van der Waals surface area contributed by atoms with Crippen molar-refractivity contribution in [3.63, 3.8) is 0 Å². The summed E-state index contributed by atoms with van der Waals surface area (Å²) in [5, 5.41) is 3.21. The lowest BCUT2D eigenvalue weighted by Gasteiger charge is -1.98. The zero-order chi connectivity index (χ0) is 12.1. The maximum absolute atomic E-state index is 11.2. The molecule has 18 heavy (non-hydrogen) atoms. The summed E-state index contributed by atoms with van der Waals surface area (Å²) in [5.74, 6) is 0. The Morgan fingerprint density at radius 2 is 1.72 bits per heavy atom. The van der Waals surface area contributed by atoms with Gasteiger partial charge in [0.05, 0.1) is 0 Å². The molecule has 2 aromatic heterocycles. The van der Waals surface area contributed by atoms with E-state index in [9.17, 15) is 4.79 Å². The van der Waals surface area contributed by atoms with E-state index in [1.165, 1.54) is 6.07 Å². The van der Waals surface area contributed by atoms with Gasteiger partial charge >= 0.3 is 5.63 Å². The van der Waals surface area contributed by atoms with Crippen LogP contribution in [0.4, 0.5) is 0 Å². The molecule has 0 spiro atoms. The molecule has 3 nitrogen and oxygen atoms in total. The first-order valence-electron chi connectivity index (χ1n) is 5.76. The Bertz CT molecular complexity index is 947. The minimum absolute atomic E-state index is 0.318. The third kappa shape index (κ3) is 1.16. The second kappa shape index (κ2) is 3.23. The lowest BCUT2D eigenvalue weighted by atomic mass is 10.1. The summed E-state index contributed by atoms with van der Waals surface area (Å²) in [6.45, 7) is 0. The monoisotopic (exact) mass is 235 g/mol. The normalized spacial score (nSPS) is 11.6. The van der Waals surface area contributed by atoms with Crippen LogP contribution in [-0.4, -0.2) is 4.98 Å². The Morgan fingerprint density at radius 3 is 2.67 bits per heavy atom. The zero-order valence-corrected chi connectivity index (χ0v) is 9.44. The Kier molecular flexibility index (Phi) is 1.70. The lowest BCUT2D eigenvalue weighted by Crippen LogP contribution is -1.94. The number of para-hydroxylation sites is 1. The first-order valence-corrected chi connectivity index (χ1v) is 5.76. The fraction of sp³-hybridized carbons (Fsp3) is 0. The number of rotatable bonds is 0. The molecule has 86 valence electrons. The molecule has 0 saturated carbocycles.